The van der Waals surface area contributed by atoms with Gasteiger partial charge in [0.15, 0.2) is 0 Å². The highest BCUT2D eigenvalue weighted by Gasteiger charge is 2.34. The summed E-state index contributed by atoms with van der Waals surface area (Å²) in [5.74, 6) is 1.02. The molecule has 1 unspecified atom stereocenters. The minimum atomic E-state index is -0.0551. The molecule has 0 spiro atoms. The van der Waals surface area contributed by atoms with Crippen molar-refractivity contribution >= 4 is 17.9 Å². The summed E-state index contributed by atoms with van der Waals surface area (Å²) in [4.78, 5) is 22.6. The lowest BCUT2D eigenvalue weighted by Gasteiger charge is -2.35. The van der Waals surface area contributed by atoms with E-state index in [1.807, 2.05) is 52.2 Å². The van der Waals surface area contributed by atoms with Gasteiger partial charge in [-0.25, -0.2) is 4.68 Å². The molecule has 2 aromatic heterocycles. The first-order chi connectivity index (χ1) is 17.6. The van der Waals surface area contributed by atoms with E-state index in [9.17, 15) is 4.79 Å². The zero-order valence-electron chi connectivity index (χ0n) is 20.7. The fourth-order valence-corrected chi connectivity index (χ4v) is 5.81. The Kier molecular flexibility index (Phi) is 6.07. The Morgan fingerprint density at radius 2 is 2.00 bits per heavy atom. The van der Waals surface area contributed by atoms with Gasteiger partial charge < -0.3 is 16.0 Å². The monoisotopic (exact) mass is 483 g/mol. The number of nitrogens with two attached hydrogens (primary N) is 1. The molecule has 3 aliphatic rings. The summed E-state index contributed by atoms with van der Waals surface area (Å²) in [6.45, 7) is 4.75. The van der Waals surface area contributed by atoms with Gasteiger partial charge in [-0.1, -0.05) is 24.3 Å². The predicted molar refractivity (Wildman–Crippen MR) is 141 cm³/mol. The largest absolute Gasteiger partial charge is 0.351 e. The number of likely N-dealkylation sites (tertiary alicyclic amines) is 2. The van der Waals surface area contributed by atoms with E-state index >= 15 is 0 Å². The van der Waals surface area contributed by atoms with Gasteiger partial charge >= 0.3 is 0 Å². The highest BCUT2D eigenvalue weighted by Crippen LogP contribution is 2.36. The van der Waals surface area contributed by atoms with Crippen molar-refractivity contribution in [1.29, 1.82) is 0 Å². The highest BCUT2D eigenvalue weighted by molar-refractivity contribution is 6.01. The standard InChI is InChI=1S/C28H33N7O/c1-19-17-35-26(31-27(19)33-14-11-21(29)18-33)15-24(32-35)25-10-4-5-13-34(25)28(36)23-9-3-2-8-22(23)20-7-6-12-30-16-20/h2-3,6-9,12,15-17,21,25,27,31H,4-5,10-11,13-14,18,29H2,1H3/t21-,25-,27?/m0/s1. The average molecular weight is 484 g/mol. The van der Waals surface area contributed by atoms with Gasteiger partial charge in [0.05, 0.1) is 11.7 Å². The van der Waals surface area contributed by atoms with Crippen molar-refractivity contribution < 1.29 is 4.79 Å². The lowest BCUT2D eigenvalue weighted by atomic mass is 9.95. The maximum absolute atomic E-state index is 14.0. The molecule has 36 heavy (non-hydrogen) atoms. The number of piperidine rings is 1. The first kappa shape index (κ1) is 22.9. The van der Waals surface area contributed by atoms with E-state index in [0.29, 0.717) is 5.56 Å². The second-order valence-corrected chi connectivity index (χ2v) is 10.2. The molecule has 8 nitrogen and oxygen atoms in total. The second-order valence-electron chi connectivity index (χ2n) is 10.2. The number of rotatable bonds is 4. The van der Waals surface area contributed by atoms with Crippen LogP contribution in [0.15, 0.2) is 60.4 Å². The van der Waals surface area contributed by atoms with Crippen LogP contribution in [0.1, 0.15) is 54.7 Å². The van der Waals surface area contributed by atoms with E-state index < -0.39 is 0 Å². The molecular weight excluding hydrogens is 450 g/mol. The summed E-state index contributed by atoms with van der Waals surface area (Å²) in [5, 5.41) is 8.61. The number of nitrogens with zero attached hydrogens (tertiary/aromatic N) is 5. The number of carbonyl (C=O) groups is 1. The molecule has 3 aliphatic heterocycles. The molecule has 186 valence electrons. The van der Waals surface area contributed by atoms with Gasteiger partial charge in [-0.3, -0.25) is 14.7 Å². The Morgan fingerprint density at radius 3 is 2.81 bits per heavy atom. The summed E-state index contributed by atoms with van der Waals surface area (Å²) in [6, 6.07) is 14.0. The van der Waals surface area contributed by atoms with Gasteiger partial charge in [0.1, 0.15) is 12.0 Å². The number of hydrogen-bond donors (Lipinski definition) is 2. The van der Waals surface area contributed by atoms with Crippen LogP contribution in [-0.4, -0.2) is 62.3 Å². The molecule has 6 rings (SSSR count). The molecule has 8 heteroatoms. The second kappa shape index (κ2) is 9.52. The summed E-state index contributed by atoms with van der Waals surface area (Å²) >= 11 is 0. The number of carbonyl (C=O) groups excluding carboxylic acids is 1. The van der Waals surface area contributed by atoms with Gasteiger partial charge in [0.2, 0.25) is 0 Å². The van der Waals surface area contributed by atoms with Crippen molar-refractivity contribution in [3.63, 3.8) is 0 Å². The molecule has 0 bridgehead atoms. The molecule has 0 radical (unpaired) electrons. The van der Waals surface area contributed by atoms with Gasteiger partial charge in [-0.05, 0) is 55.9 Å². The first-order valence-corrected chi connectivity index (χ1v) is 12.9. The predicted octanol–water partition coefficient (Wildman–Crippen LogP) is 3.96. The van der Waals surface area contributed by atoms with Crippen LogP contribution < -0.4 is 11.1 Å². The average Bonchev–Trinajstić information content (AvgIpc) is 3.54. The van der Waals surface area contributed by atoms with Crippen molar-refractivity contribution in [1.82, 2.24) is 24.6 Å². The Labute approximate surface area is 211 Å². The lowest BCUT2D eigenvalue weighted by molar-refractivity contribution is 0.0606. The van der Waals surface area contributed by atoms with E-state index in [2.05, 4.69) is 34.4 Å². The van der Waals surface area contributed by atoms with Gasteiger partial charge in [0, 0.05) is 61.5 Å². The van der Waals surface area contributed by atoms with E-state index in [-0.39, 0.29) is 24.2 Å². The van der Waals surface area contributed by atoms with E-state index in [1.54, 1.807) is 6.20 Å². The van der Waals surface area contributed by atoms with Crippen LogP contribution in [0.4, 0.5) is 5.82 Å². The highest BCUT2D eigenvalue weighted by atomic mass is 16.2. The Bertz CT molecular complexity index is 1280. The number of benzene rings is 1. The van der Waals surface area contributed by atoms with Crippen LogP contribution in [0.25, 0.3) is 17.3 Å². The van der Waals surface area contributed by atoms with E-state index in [4.69, 9.17) is 10.8 Å². The van der Waals surface area contributed by atoms with Crippen LogP contribution in [-0.2, 0) is 0 Å². The van der Waals surface area contributed by atoms with E-state index in [1.165, 1.54) is 5.57 Å². The molecule has 3 atom stereocenters. The van der Waals surface area contributed by atoms with Gasteiger partial charge in [-0.2, -0.15) is 5.10 Å². The molecule has 0 saturated carbocycles. The minimum absolute atomic E-state index is 0.0498. The maximum atomic E-state index is 14.0. The fourth-order valence-electron chi connectivity index (χ4n) is 5.81. The molecule has 2 fully saturated rings. The third-order valence-electron chi connectivity index (χ3n) is 7.65. The summed E-state index contributed by atoms with van der Waals surface area (Å²) in [7, 11) is 0. The zero-order chi connectivity index (χ0) is 24.6. The number of hydrogen-bond acceptors (Lipinski definition) is 6. The number of fused-ring (bicyclic) bond motifs is 1. The minimum Gasteiger partial charge on any atom is -0.351 e. The number of nitrogens with one attached hydrogen (secondary N) is 1. The molecule has 0 aliphatic carbocycles. The molecule has 1 aromatic carbocycles. The van der Waals surface area contributed by atoms with Gasteiger partial charge in [0.25, 0.3) is 5.91 Å². The normalized spacial score (nSPS) is 24.2. The number of anilines is 1. The van der Waals surface area contributed by atoms with Crippen LogP contribution in [0.2, 0.25) is 0 Å². The van der Waals surface area contributed by atoms with Crippen molar-refractivity contribution in [2.24, 2.45) is 5.73 Å². The van der Waals surface area contributed by atoms with E-state index in [0.717, 1.165) is 68.0 Å². The third-order valence-corrected chi connectivity index (χ3v) is 7.65. The van der Waals surface area contributed by atoms with Crippen molar-refractivity contribution in [2.45, 2.75) is 50.9 Å². The van der Waals surface area contributed by atoms with Crippen molar-refractivity contribution in [3.8, 4) is 11.1 Å². The third kappa shape index (κ3) is 4.20. The van der Waals surface area contributed by atoms with Crippen LogP contribution in [0.3, 0.4) is 0 Å². The van der Waals surface area contributed by atoms with Crippen LogP contribution in [0.5, 0.6) is 0 Å². The fraction of sp³-hybridized carbons (Fsp3) is 0.393. The number of pyridine rings is 1. The Balaban J connectivity index is 1.28. The first-order valence-electron chi connectivity index (χ1n) is 12.9. The molecule has 1 amide bonds. The zero-order valence-corrected chi connectivity index (χ0v) is 20.7. The summed E-state index contributed by atoms with van der Waals surface area (Å²) in [5.41, 5.74) is 10.9. The Hall–Kier alpha value is -3.49. The number of amides is 1. The number of aromatic nitrogens is 3. The quantitative estimate of drug-likeness (QED) is 0.584. The summed E-state index contributed by atoms with van der Waals surface area (Å²) < 4.78 is 1.93. The molecule has 2 saturated heterocycles. The van der Waals surface area contributed by atoms with Crippen LogP contribution in [0, 0.1) is 0 Å². The molecule has 3 aromatic rings. The van der Waals surface area contributed by atoms with Crippen molar-refractivity contribution in [3.05, 3.63) is 71.7 Å². The molecular formula is C28H33N7O. The van der Waals surface area contributed by atoms with Gasteiger partial charge in [-0.15, -0.1) is 0 Å². The summed E-state index contributed by atoms with van der Waals surface area (Å²) in [6.07, 6.45) is 9.81. The molecule has 3 N–H and O–H groups in total. The lowest BCUT2D eigenvalue weighted by Crippen LogP contribution is -2.43. The topological polar surface area (TPSA) is 92.3 Å². The maximum Gasteiger partial charge on any atom is 0.255 e. The van der Waals surface area contributed by atoms with Crippen LogP contribution >= 0.6 is 0 Å². The Morgan fingerprint density at radius 1 is 1.11 bits per heavy atom. The smallest absolute Gasteiger partial charge is 0.255 e. The molecule has 5 heterocycles. The SMILES string of the molecule is CC1=Cn2nc([C@@H]3CCCCN3C(=O)c3ccccc3-c3cccnc3)cc2NC1N1CC[C@H](N)C1. The van der Waals surface area contributed by atoms with Crippen molar-refractivity contribution in [2.75, 3.05) is 25.0 Å².